The van der Waals surface area contributed by atoms with Gasteiger partial charge in [-0.15, -0.1) is 0 Å². The Balaban J connectivity index is 1.70. The number of rotatable bonds is 6. The van der Waals surface area contributed by atoms with E-state index in [4.69, 9.17) is 23.7 Å². The fourth-order valence-electron chi connectivity index (χ4n) is 2.91. The summed E-state index contributed by atoms with van der Waals surface area (Å²) < 4.78 is 28.5. The van der Waals surface area contributed by atoms with Crippen molar-refractivity contribution in [1.82, 2.24) is 0 Å². The Morgan fingerprint density at radius 3 is 2.58 bits per heavy atom. The van der Waals surface area contributed by atoms with E-state index >= 15 is 0 Å². The minimum Gasteiger partial charge on any atom is -0.497 e. The molecular weight excluding hydrogens is 380 g/mol. The Morgan fingerprint density at radius 1 is 1.25 bits per heavy atom. The van der Waals surface area contributed by atoms with Crippen LogP contribution in [0.4, 0.5) is 0 Å². The van der Waals surface area contributed by atoms with Gasteiger partial charge in [0.1, 0.15) is 24.1 Å². The molecule has 1 aromatic carbocycles. The SMILES string of the molecule is COc1ccc(CO[C@@H]2[C@H]3OC(C)(C)O[C@H]3O[C@@H]2C(=O)CBr)cc1. The fourth-order valence-corrected chi connectivity index (χ4v) is 3.23. The molecule has 2 aliphatic rings. The van der Waals surface area contributed by atoms with Crippen molar-refractivity contribution in [2.24, 2.45) is 0 Å². The molecule has 0 unspecified atom stereocenters. The number of methoxy groups -OCH3 is 1. The van der Waals surface area contributed by atoms with Crippen LogP contribution in [0.3, 0.4) is 0 Å². The highest BCUT2D eigenvalue weighted by Crippen LogP contribution is 2.39. The van der Waals surface area contributed by atoms with Gasteiger partial charge in [-0.25, -0.2) is 0 Å². The average molecular weight is 401 g/mol. The molecule has 0 aromatic heterocycles. The van der Waals surface area contributed by atoms with Crippen LogP contribution in [0, 0.1) is 0 Å². The Hall–Kier alpha value is -0.990. The van der Waals surface area contributed by atoms with Crippen molar-refractivity contribution >= 4 is 21.7 Å². The molecule has 1 aromatic rings. The Bertz CT molecular complexity index is 587. The van der Waals surface area contributed by atoms with Crippen molar-refractivity contribution in [2.45, 2.75) is 50.8 Å². The molecule has 132 valence electrons. The van der Waals surface area contributed by atoms with Crippen LogP contribution in [0.1, 0.15) is 19.4 Å². The largest absolute Gasteiger partial charge is 0.497 e. The van der Waals surface area contributed by atoms with Crippen LogP contribution in [0.2, 0.25) is 0 Å². The van der Waals surface area contributed by atoms with E-state index in [2.05, 4.69) is 15.9 Å². The molecular formula is C17H21BrO6. The third-order valence-electron chi connectivity index (χ3n) is 4.04. The molecule has 4 atom stereocenters. The molecule has 24 heavy (non-hydrogen) atoms. The van der Waals surface area contributed by atoms with Crippen LogP contribution in [-0.4, -0.2) is 48.6 Å². The lowest BCUT2D eigenvalue weighted by atomic mass is 10.1. The molecule has 0 saturated carbocycles. The number of hydrogen-bond donors (Lipinski definition) is 0. The summed E-state index contributed by atoms with van der Waals surface area (Å²) in [5, 5.41) is 0.197. The smallest absolute Gasteiger partial charge is 0.190 e. The molecule has 0 bridgehead atoms. The van der Waals surface area contributed by atoms with Gasteiger partial charge in [0.2, 0.25) is 0 Å². The number of fused-ring (bicyclic) bond motifs is 1. The Labute approximate surface area is 149 Å². The molecule has 7 heteroatoms. The Morgan fingerprint density at radius 2 is 1.96 bits per heavy atom. The van der Waals surface area contributed by atoms with Gasteiger partial charge in [-0.05, 0) is 31.5 Å². The summed E-state index contributed by atoms with van der Waals surface area (Å²) >= 11 is 3.19. The number of carbonyl (C=O) groups is 1. The molecule has 2 aliphatic heterocycles. The summed E-state index contributed by atoms with van der Waals surface area (Å²) in [4.78, 5) is 12.1. The summed E-state index contributed by atoms with van der Waals surface area (Å²) in [6.07, 6.45) is -2.22. The number of alkyl halides is 1. The number of carbonyl (C=O) groups excluding carboxylic acids is 1. The van der Waals surface area contributed by atoms with Crippen molar-refractivity contribution in [3.8, 4) is 5.75 Å². The zero-order valence-electron chi connectivity index (χ0n) is 13.9. The highest BCUT2D eigenvalue weighted by atomic mass is 79.9. The number of Topliss-reactive ketones (excluding diaryl/α,β-unsaturated/α-hetero) is 1. The monoisotopic (exact) mass is 400 g/mol. The van der Waals surface area contributed by atoms with E-state index in [1.807, 2.05) is 38.1 Å². The predicted molar refractivity (Wildman–Crippen MR) is 89.1 cm³/mol. The second-order valence-electron chi connectivity index (χ2n) is 6.25. The van der Waals surface area contributed by atoms with Gasteiger partial charge in [-0.1, -0.05) is 28.1 Å². The van der Waals surface area contributed by atoms with E-state index in [9.17, 15) is 4.79 Å². The van der Waals surface area contributed by atoms with Gasteiger partial charge in [0.05, 0.1) is 19.0 Å². The zero-order chi connectivity index (χ0) is 17.3. The van der Waals surface area contributed by atoms with E-state index in [1.165, 1.54) is 0 Å². The van der Waals surface area contributed by atoms with Crippen LogP contribution in [0.25, 0.3) is 0 Å². The molecule has 0 radical (unpaired) electrons. The average Bonchev–Trinajstić information content (AvgIpc) is 3.04. The quantitative estimate of drug-likeness (QED) is 0.683. The number of benzene rings is 1. The van der Waals surface area contributed by atoms with E-state index < -0.39 is 30.4 Å². The predicted octanol–water partition coefficient (Wildman–Crippen LogP) is 2.42. The van der Waals surface area contributed by atoms with Crippen LogP contribution < -0.4 is 4.74 Å². The van der Waals surface area contributed by atoms with Crippen molar-refractivity contribution in [3.05, 3.63) is 29.8 Å². The van der Waals surface area contributed by atoms with Gasteiger partial charge in [-0.3, -0.25) is 4.79 Å². The topological polar surface area (TPSA) is 63.2 Å². The minimum absolute atomic E-state index is 0.0888. The molecule has 0 aliphatic carbocycles. The summed E-state index contributed by atoms with van der Waals surface area (Å²) in [6.45, 7) is 3.98. The first kappa shape index (κ1) is 17.8. The lowest BCUT2D eigenvalue weighted by molar-refractivity contribution is -0.217. The molecule has 0 N–H and O–H groups in total. The highest BCUT2D eigenvalue weighted by Gasteiger charge is 2.57. The van der Waals surface area contributed by atoms with Crippen LogP contribution in [0.5, 0.6) is 5.75 Å². The van der Waals surface area contributed by atoms with E-state index in [1.54, 1.807) is 7.11 Å². The van der Waals surface area contributed by atoms with Crippen molar-refractivity contribution < 1.29 is 28.5 Å². The van der Waals surface area contributed by atoms with Gasteiger partial charge >= 0.3 is 0 Å². The number of halogens is 1. The molecule has 0 spiro atoms. The first-order valence-electron chi connectivity index (χ1n) is 7.78. The second kappa shape index (κ2) is 7.09. The van der Waals surface area contributed by atoms with Gasteiger partial charge in [0.15, 0.2) is 17.9 Å². The van der Waals surface area contributed by atoms with Gasteiger partial charge in [-0.2, -0.15) is 0 Å². The third-order valence-corrected chi connectivity index (χ3v) is 4.59. The molecule has 2 heterocycles. The standard InChI is InChI=1S/C17H21BrO6/c1-17(2)23-15-14(13(12(19)8-18)22-16(15)24-17)21-9-10-4-6-11(20-3)7-5-10/h4-7,13-16H,8-9H2,1-3H3/t13-,14+,15-,16-/m1/s1. The zero-order valence-corrected chi connectivity index (χ0v) is 15.4. The van der Waals surface area contributed by atoms with Gasteiger partial charge < -0.3 is 23.7 Å². The van der Waals surface area contributed by atoms with Crippen LogP contribution in [0.15, 0.2) is 24.3 Å². The highest BCUT2D eigenvalue weighted by molar-refractivity contribution is 9.09. The molecule has 2 fully saturated rings. The van der Waals surface area contributed by atoms with E-state index in [-0.39, 0.29) is 11.1 Å². The third kappa shape index (κ3) is 3.65. The first-order valence-corrected chi connectivity index (χ1v) is 8.90. The number of ether oxygens (including phenoxy) is 5. The molecule has 0 amide bonds. The summed E-state index contributed by atoms with van der Waals surface area (Å²) in [6, 6.07) is 7.57. The maximum atomic E-state index is 12.1. The number of ketones is 1. The van der Waals surface area contributed by atoms with Crippen molar-refractivity contribution in [1.29, 1.82) is 0 Å². The minimum atomic E-state index is -0.751. The van der Waals surface area contributed by atoms with Gasteiger partial charge in [0.25, 0.3) is 0 Å². The molecule has 6 nitrogen and oxygen atoms in total. The van der Waals surface area contributed by atoms with Crippen molar-refractivity contribution in [2.75, 3.05) is 12.4 Å². The maximum Gasteiger partial charge on any atom is 0.190 e. The van der Waals surface area contributed by atoms with Crippen molar-refractivity contribution in [3.63, 3.8) is 0 Å². The summed E-state index contributed by atoms with van der Waals surface area (Å²) in [5.74, 6) is -0.0572. The lowest BCUT2D eigenvalue weighted by Gasteiger charge is -2.25. The summed E-state index contributed by atoms with van der Waals surface area (Å²) in [7, 11) is 1.62. The first-order chi connectivity index (χ1) is 11.4. The second-order valence-corrected chi connectivity index (χ2v) is 6.81. The Kier molecular flexibility index (Phi) is 5.27. The lowest BCUT2D eigenvalue weighted by Crippen LogP contribution is -2.41. The van der Waals surface area contributed by atoms with Crippen LogP contribution in [-0.2, 0) is 30.3 Å². The molecule has 3 rings (SSSR count). The van der Waals surface area contributed by atoms with E-state index in [0.717, 1.165) is 11.3 Å². The summed E-state index contributed by atoms with van der Waals surface area (Å²) in [5.41, 5.74) is 0.975. The number of hydrogen-bond acceptors (Lipinski definition) is 6. The van der Waals surface area contributed by atoms with E-state index in [0.29, 0.717) is 6.61 Å². The van der Waals surface area contributed by atoms with Crippen LogP contribution >= 0.6 is 15.9 Å². The molecule has 2 saturated heterocycles. The maximum absolute atomic E-state index is 12.1. The van der Waals surface area contributed by atoms with Gasteiger partial charge in [0, 0.05) is 0 Å². The fraction of sp³-hybridized carbons (Fsp3) is 0.588. The normalized spacial score (nSPS) is 31.0.